The van der Waals surface area contributed by atoms with E-state index in [0.29, 0.717) is 12.2 Å². The van der Waals surface area contributed by atoms with Crippen LogP contribution in [-0.4, -0.2) is 73.9 Å². The lowest BCUT2D eigenvalue weighted by atomic mass is 10.1. The van der Waals surface area contributed by atoms with E-state index >= 15 is 0 Å². The number of hydrogen-bond acceptors (Lipinski definition) is 4. The topological polar surface area (TPSA) is 27.7 Å². The van der Waals surface area contributed by atoms with Crippen LogP contribution in [0.25, 0.3) is 0 Å². The van der Waals surface area contributed by atoms with Gasteiger partial charge >= 0.3 is 0 Å². The fourth-order valence-electron chi connectivity index (χ4n) is 3.30. The standard InChI is InChI=1S/C13H25N3O/c1-11-6-14-7-13(17-11)10-15-8-12(9-15)16-4-2-3-5-16/h11-14H,2-10H2,1H3/t11-,13+/m1/s1. The Kier molecular flexibility index (Phi) is 3.66. The number of likely N-dealkylation sites (tertiary alicyclic amines) is 2. The van der Waals surface area contributed by atoms with Gasteiger partial charge in [0.25, 0.3) is 0 Å². The van der Waals surface area contributed by atoms with Crippen LogP contribution in [0.3, 0.4) is 0 Å². The highest BCUT2D eigenvalue weighted by Crippen LogP contribution is 2.20. The molecule has 4 heteroatoms. The van der Waals surface area contributed by atoms with Gasteiger partial charge in [0.05, 0.1) is 12.2 Å². The number of rotatable bonds is 3. The monoisotopic (exact) mass is 239 g/mol. The van der Waals surface area contributed by atoms with E-state index in [4.69, 9.17) is 4.74 Å². The number of morpholine rings is 1. The Labute approximate surface area is 104 Å². The minimum absolute atomic E-state index is 0.379. The molecule has 98 valence electrons. The zero-order valence-corrected chi connectivity index (χ0v) is 10.9. The molecule has 17 heavy (non-hydrogen) atoms. The molecular weight excluding hydrogens is 214 g/mol. The van der Waals surface area contributed by atoms with Crippen LogP contribution in [0, 0.1) is 0 Å². The van der Waals surface area contributed by atoms with E-state index in [2.05, 4.69) is 22.0 Å². The van der Waals surface area contributed by atoms with Crippen molar-refractivity contribution in [1.29, 1.82) is 0 Å². The quantitative estimate of drug-likeness (QED) is 0.758. The summed E-state index contributed by atoms with van der Waals surface area (Å²) in [6.45, 7) is 10.5. The van der Waals surface area contributed by atoms with Crippen molar-refractivity contribution in [3.63, 3.8) is 0 Å². The van der Waals surface area contributed by atoms with Gasteiger partial charge in [-0.05, 0) is 32.9 Å². The molecule has 2 atom stereocenters. The van der Waals surface area contributed by atoms with Gasteiger partial charge in [-0.25, -0.2) is 0 Å². The highest BCUT2D eigenvalue weighted by Gasteiger charge is 2.34. The largest absolute Gasteiger partial charge is 0.371 e. The Morgan fingerprint density at radius 1 is 1.18 bits per heavy atom. The third-order valence-electron chi connectivity index (χ3n) is 4.29. The van der Waals surface area contributed by atoms with E-state index < -0.39 is 0 Å². The summed E-state index contributed by atoms with van der Waals surface area (Å²) in [5.74, 6) is 0. The maximum atomic E-state index is 5.94. The van der Waals surface area contributed by atoms with Crippen LogP contribution in [0.2, 0.25) is 0 Å². The Hall–Kier alpha value is -0.160. The molecule has 3 aliphatic heterocycles. The molecule has 0 aliphatic carbocycles. The third kappa shape index (κ3) is 2.81. The maximum Gasteiger partial charge on any atom is 0.0830 e. The fourth-order valence-corrected chi connectivity index (χ4v) is 3.30. The van der Waals surface area contributed by atoms with E-state index in [-0.39, 0.29) is 0 Å². The molecule has 0 unspecified atom stereocenters. The summed E-state index contributed by atoms with van der Waals surface area (Å²) in [6, 6.07) is 0.839. The molecule has 0 radical (unpaired) electrons. The smallest absolute Gasteiger partial charge is 0.0830 e. The molecule has 0 bridgehead atoms. The second-order valence-electron chi connectivity index (χ2n) is 5.84. The summed E-state index contributed by atoms with van der Waals surface area (Å²) >= 11 is 0. The first-order chi connectivity index (χ1) is 8.31. The Morgan fingerprint density at radius 3 is 2.65 bits per heavy atom. The van der Waals surface area contributed by atoms with Crippen LogP contribution in [0.5, 0.6) is 0 Å². The first-order valence-electron chi connectivity index (χ1n) is 7.14. The molecule has 0 amide bonds. The van der Waals surface area contributed by atoms with Gasteiger partial charge in [0.2, 0.25) is 0 Å². The van der Waals surface area contributed by atoms with E-state index in [1.165, 1.54) is 39.0 Å². The minimum Gasteiger partial charge on any atom is -0.371 e. The van der Waals surface area contributed by atoms with E-state index in [0.717, 1.165) is 25.7 Å². The summed E-state index contributed by atoms with van der Waals surface area (Å²) in [5.41, 5.74) is 0. The highest BCUT2D eigenvalue weighted by atomic mass is 16.5. The second kappa shape index (κ2) is 5.22. The van der Waals surface area contributed by atoms with Gasteiger partial charge < -0.3 is 10.1 Å². The zero-order valence-electron chi connectivity index (χ0n) is 10.9. The van der Waals surface area contributed by atoms with E-state index in [9.17, 15) is 0 Å². The molecule has 3 heterocycles. The summed E-state index contributed by atoms with van der Waals surface area (Å²) in [4.78, 5) is 5.21. The van der Waals surface area contributed by atoms with Crippen LogP contribution in [-0.2, 0) is 4.74 Å². The van der Waals surface area contributed by atoms with Gasteiger partial charge in [-0.15, -0.1) is 0 Å². The lowest BCUT2D eigenvalue weighted by Gasteiger charge is -2.46. The summed E-state index contributed by atoms with van der Waals surface area (Å²) < 4.78 is 5.94. The van der Waals surface area contributed by atoms with Crippen molar-refractivity contribution < 1.29 is 4.74 Å². The predicted octanol–water partition coefficient (Wildman–Crippen LogP) is 0.143. The summed E-state index contributed by atoms with van der Waals surface area (Å²) in [6.07, 6.45) is 3.59. The summed E-state index contributed by atoms with van der Waals surface area (Å²) in [7, 11) is 0. The number of ether oxygens (including phenoxy) is 1. The first-order valence-corrected chi connectivity index (χ1v) is 7.14. The number of hydrogen-bond donors (Lipinski definition) is 1. The molecule has 0 saturated carbocycles. The van der Waals surface area contributed by atoms with Crippen molar-refractivity contribution in [2.45, 2.75) is 38.0 Å². The zero-order chi connectivity index (χ0) is 11.7. The predicted molar refractivity (Wildman–Crippen MR) is 68.2 cm³/mol. The number of nitrogens with zero attached hydrogens (tertiary/aromatic N) is 2. The van der Waals surface area contributed by atoms with Crippen LogP contribution in [0.4, 0.5) is 0 Å². The Morgan fingerprint density at radius 2 is 1.94 bits per heavy atom. The molecular formula is C13H25N3O. The van der Waals surface area contributed by atoms with Gasteiger partial charge in [-0.3, -0.25) is 9.80 Å². The van der Waals surface area contributed by atoms with Gasteiger partial charge in [0.1, 0.15) is 0 Å². The molecule has 3 aliphatic rings. The van der Waals surface area contributed by atoms with Crippen molar-refractivity contribution >= 4 is 0 Å². The fraction of sp³-hybridized carbons (Fsp3) is 1.00. The lowest BCUT2D eigenvalue weighted by molar-refractivity contribution is -0.0627. The van der Waals surface area contributed by atoms with E-state index in [1.807, 2.05) is 0 Å². The van der Waals surface area contributed by atoms with Gasteiger partial charge in [0.15, 0.2) is 0 Å². The highest BCUT2D eigenvalue weighted by molar-refractivity contribution is 4.91. The van der Waals surface area contributed by atoms with Gasteiger partial charge in [-0.1, -0.05) is 0 Å². The van der Waals surface area contributed by atoms with Crippen molar-refractivity contribution in [2.75, 3.05) is 45.8 Å². The van der Waals surface area contributed by atoms with Crippen molar-refractivity contribution in [2.24, 2.45) is 0 Å². The molecule has 0 spiro atoms. The SMILES string of the molecule is C[C@@H]1CNC[C@@H](CN2CC(N3CCCC3)C2)O1. The molecule has 3 saturated heterocycles. The Balaban J connectivity index is 1.37. The van der Waals surface area contributed by atoms with E-state index in [1.54, 1.807) is 0 Å². The van der Waals surface area contributed by atoms with Crippen LogP contribution >= 0.6 is 0 Å². The number of nitrogens with one attached hydrogen (secondary N) is 1. The molecule has 3 rings (SSSR count). The average Bonchev–Trinajstić information content (AvgIpc) is 2.76. The van der Waals surface area contributed by atoms with Gasteiger partial charge in [-0.2, -0.15) is 0 Å². The van der Waals surface area contributed by atoms with Crippen LogP contribution in [0.15, 0.2) is 0 Å². The molecule has 0 aromatic rings. The molecule has 0 aromatic heterocycles. The van der Waals surface area contributed by atoms with Crippen molar-refractivity contribution in [1.82, 2.24) is 15.1 Å². The normalized spacial score (nSPS) is 37.2. The van der Waals surface area contributed by atoms with Crippen LogP contribution < -0.4 is 5.32 Å². The average molecular weight is 239 g/mol. The second-order valence-corrected chi connectivity index (χ2v) is 5.84. The maximum absolute atomic E-state index is 5.94. The lowest BCUT2D eigenvalue weighted by Crippen LogP contribution is -2.61. The molecule has 0 aromatic carbocycles. The molecule has 3 fully saturated rings. The van der Waals surface area contributed by atoms with Gasteiger partial charge in [0, 0.05) is 38.8 Å². The van der Waals surface area contributed by atoms with Crippen LogP contribution in [0.1, 0.15) is 19.8 Å². The third-order valence-corrected chi connectivity index (χ3v) is 4.29. The minimum atomic E-state index is 0.379. The summed E-state index contributed by atoms with van der Waals surface area (Å²) in [5, 5.41) is 3.44. The van der Waals surface area contributed by atoms with Crippen molar-refractivity contribution in [3.05, 3.63) is 0 Å². The Bertz CT molecular complexity index is 249. The molecule has 1 N–H and O–H groups in total. The van der Waals surface area contributed by atoms with Crippen molar-refractivity contribution in [3.8, 4) is 0 Å². The first kappa shape index (κ1) is 11.9. The molecule has 4 nitrogen and oxygen atoms in total.